The summed E-state index contributed by atoms with van der Waals surface area (Å²) in [5, 5.41) is 3.23. The third kappa shape index (κ3) is 2.92. The van der Waals surface area contributed by atoms with Crippen LogP contribution in [0, 0.1) is 0 Å². The highest BCUT2D eigenvalue weighted by Gasteiger charge is 2.27. The van der Waals surface area contributed by atoms with Crippen LogP contribution in [0.25, 0.3) is 0 Å². The van der Waals surface area contributed by atoms with Crippen molar-refractivity contribution in [1.82, 2.24) is 14.9 Å². The maximum Gasteiger partial charge on any atom is 0.257 e. The highest BCUT2D eigenvalue weighted by Crippen LogP contribution is 2.23. The zero-order valence-electron chi connectivity index (χ0n) is 12.0. The second-order valence-electron chi connectivity index (χ2n) is 5.77. The molecule has 1 aliphatic heterocycles. The summed E-state index contributed by atoms with van der Waals surface area (Å²) in [5.41, 5.74) is 0.603. The number of nitrogens with zero attached hydrogens (tertiary/aromatic N) is 3. The van der Waals surface area contributed by atoms with Crippen LogP contribution in [-0.4, -0.2) is 39.4 Å². The number of carbonyl (C=O) groups is 1. The molecule has 2 fully saturated rings. The van der Waals surface area contributed by atoms with Gasteiger partial charge < -0.3 is 10.2 Å². The van der Waals surface area contributed by atoms with Gasteiger partial charge >= 0.3 is 0 Å². The lowest BCUT2D eigenvalue weighted by Crippen LogP contribution is -2.43. The number of piperidine rings is 1. The summed E-state index contributed by atoms with van der Waals surface area (Å²) >= 11 is 0. The SMILES string of the molecule is CCC1CCCCN1C(=O)c1cnc(NC2CC2)nc1. The molecule has 2 aliphatic rings. The van der Waals surface area contributed by atoms with Gasteiger partial charge in [-0.3, -0.25) is 4.79 Å². The average molecular weight is 274 g/mol. The van der Waals surface area contributed by atoms with Crippen LogP contribution in [0.3, 0.4) is 0 Å². The molecule has 20 heavy (non-hydrogen) atoms. The van der Waals surface area contributed by atoms with Gasteiger partial charge in [-0.1, -0.05) is 6.92 Å². The van der Waals surface area contributed by atoms with E-state index in [1.165, 1.54) is 19.3 Å². The van der Waals surface area contributed by atoms with Gasteiger partial charge in [0.15, 0.2) is 0 Å². The summed E-state index contributed by atoms with van der Waals surface area (Å²) in [7, 11) is 0. The number of likely N-dealkylation sites (tertiary alicyclic amines) is 1. The van der Waals surface area contributed by atoms with E-state index in [9.17, 15) is 4.79 Å². The fraction of sp³-hybridized carbons (Fsp3) is 0.667. The second kappa shape index (κ2) is 5.77. The molecule has 5 heteroatoms. The van der Waals surface area contributed by atoms with E-state index < -0.39 is 0 Å². The van der Waals surface area contributed by atoms with Gasteiger partial charge in [0.2, 0.25) is 5.95 Å². The van der Waals surface area contributed by atoms with Crippen molar-refractivity contribution in [3.8, 4) is 0 Å². The van der Waals surface area contributed by atoms with Crippen LogP contribution in [0.15, 0.2) is 12.4 Å². The molecule has 1 aromatic rings. The van der Waals surface area contributed by atoms with Crippen LogP contribution in [0.5, 0.6) is 0 Å². The summed E-state index contributed by atoms with van der Waals surface area (Å²) in [6.07, 6.45) is 10.2. The fourth-order valence-corrected chi connectivity index (χ4v) is 2.78. The van der Waals surface area contributed by atoms with Crippen LogP contribution in [0.1, 0.15) is 55.8 Å². The van der Waals surface area contributed by atoms with Gasteiger partial charge in [0.05, 0.1) is 5.56 Å². The van der Waals surface area contributed by atoms with Crippen molar-refractivity contribution in [2.75, 3.05) is 11.9 Å². The van der Waals surface area contributed by atoms with Crippen LogP contribution >= 0.6 is 0 Å². The van der Waals surface area contributed by atoms with E-state index in [1.807, 2.05) is 4.90 Å². The van der Waals surface area contributed by atoms with Crippen LogP contribution in [-0.2, 0) is 0 Å². The van der Waals surface area contributed by atoms with E-state index in [4.69, 9.17) is 0 Å². The Hall–Kier alpha value is -1.65. The van der Waals surface area contributed by atoms with E-state index in [1.54, 1.807) is 12.4 Å². The second-order valence-corrected chi connectivity index (χ2v) is 5.77. The van der Waals surface area contributed by atoms with Crippen molar-refractivity contribution in [2.45, 2.75) is 57.5 Å². The van der Waals surface area contributed by atoms with E-state index in [0.717, 1.165) is 25.8 Å². The molecule has 108 valence electrons. The Balaban J connectivity index is 1.68. The topological polar surface area (TPSA) is 58.1 Å². The molecule has 1 unspecified atom stereocenters. The third-order valence-corrected chi connectivity index (χ3v) is 4.17. The predicted molar refractivity (Wildman–Crippen MR) is 77.6 cm³/mol. The quantitative estimate of drug-likeness (QED) is 0.916. The van der Waals surface area contributed by atoms with E-state index in [0.29, 0.717) is 23.6 Å². The Morgan fingerprint density at radius 1 is 1.30 bits per heavy atom. The smallest absolute Gasteiger partial charge is 0.257 e. The summed E-state index contributed by atoms with van der Waals surface area (Å²) in [6.45, 7) is 3.01. The van der Waals surface area contributed by atoms with Crippen molar-refractivity contribution in [2.24, 2.45) is 0 Å². The molecule has 0 spiro atoms. The lowest BCUT2D eigenvalue weighted by Gasteiger charge is -2.35. The molecule has 2 heterocycles. The fourth-order valence-electron chi connectivity index (χ4n) is 2.78. The monoisotopic (exact) mass is 274 g/mol. The van der Waals surface area contributed by atoms with Crippen LogP contribution < -0.4 is 5.32 Å². The maximum absolute atomic E-state index is 12.5. The molecule has 1 amide bonds. The van der Waals surface area contributed by atoms with E-state index >= 15 is 0 Å². The summed E-state index contributed by atoms with van der Waals surface area (Å²) < 4.78 is 0. The lowest BCUT2D eigenvalue weighted by molar-refractivity contribution is 0.0607. The van der Waals surface area contributed by atoms with Crippen molar-refractivity contribution in [1.29, 1.82) is 0 Å². The minimum atomic E-state index is 0.0783. The number of amides is 1. The number of nitrogens with one attached hydrogen (secondary N) is 1. The molecule has 1 N–H and O–H groups in total. The zero-order valence-corrected chi connectivity index (χ0v) is 12.0. The molecule has 1 saturated heterocycles. The first kappa shape index (κ1) is 13.3. The normalized spacial score (nSPS) is 22.6. The van der Waals surface area contributed by atoms with Crippen LogP contribution in [0.2, 0.25) is 0 Å². The van der Waals surface area contributed by atoms with Gasteiger partial charge in [0, 0.05) is 31.0 Å². The van der Waals surface area contributed by atoms with Gasteiger partial charge in [-0.15, -0.1) is 0 Å². The first-order valence-corrected chi connectivity index (χ1v) is 7.67. The van der Waals surface area contributed by atoms with E-state index in [-0.39, 0.29) is 5.91 Å². The number of hydrogen-bond acceptors (Lipinski definition) is 4. The molecular weight excluding hydrogens is 252 g/mol. The maximum atomic E-state index is 12.5. The average Bonchev–Trinajstić information content (AvgIpc) is 3.31. The van der Waals surface area contributed by atoms with Gasteiger partial charge in [-0.2, -0.15) is 0 Å². The minimum Gasteiger partial charge on any atom is -0.351 e. The molecule has 0 bridgehead atoms. The number of hydrogen-bond donors (Lipinski definition) is 1. The standard InChI is InChI=1S/C15H22N4O/c1-2-13-5-3-4-8-19(13)14(20)11-9-16-15(17-10-11)18-12-6-7-12/h9-10,12-13H,2-8H2,1H3,(H,16,17,18). The largest absolute Gasteiger partial charge is 0.351 e. The number of rotatable bonds is 4. The van der Waals surface area contributed by atoms with Gasteiger partial charge in [-0.25, -0.2) is 9.97 Å². The van der Waals surface area contributed by atoms with Crippen molar-refractivity contribution in [3.05, 3.63) is 18.0 Å². The third-order valence-electron chi connectivity index (χ3n) is 4.17. The highest BCUT2D eigenvalue weighted by atomic mass is 16.2. The predicted octanol–water partition coefficient (Wildman–Crippen LogP) is 2.46. The first-order chi connectivity index (χ1) is 9.78. The Kier molecular flexibility index (Phi) is 3.85. The zero-order chi connectivity index (χ0) is 13.9. The highest BCUT2D eigenvalue weighted by molar-refractivity contribution is 5.94. The summed E-state index contributed by atoms with van der Waals surface area (Å²) in [6, 6.07) is 0.906. The summed E-state index contributed by atoms with van der Waals surface area (Å²) in [4.78, 5) is 23.0. The number of carbonyl (C=O) groups excluding carboxylic acids is 1. The summed E-state index contributed by atoms with van der Waals surface area (Å²) in [5.74, 6) is 0.712. The molecule has 1 aliphatic carbocycles. The van der Waals surface area contributed by atoms with Gasteiger partial charge in [0.1, 0.15) is 0 Å². The molecule has 1 aromatic heterocycles. The van der Waals surface area contributed by atoms with Crippen molar-refractivity contribution in [3.63, 3.8) is 0 Å². The van der Waals surface area contributed by atoms with Crippen molar-refractivity contribution < 1.29 is 4.79 Å². The minimum absolute atomic E-state index is 0.0783. The lowest BCUT2D eigenvalue weighted by atomic mass is 9.99. The van der Waals surface area contributed by atoms with Crippen LogP contribution in [0.4, 0.5) is 5.95 Å². The van der Waals surface area contributed by atoms with E-state index in [2.05, 4.69) is 22.2 Å². The number of aromatic nitrogens is 2. The number of anilines is 1. The van der Waals surface area contributed by atoms with Crippen molar-refractivity contribution >= 4 is 11.9 Å². The molecule has 5 nitrogen and oxygen atoms in total. The molecule has 1 saturated carbocycles. The Labute approximate surface area is 119 Å². The molecule has 3 rings (SSSR count). The Bertz CT molecular complexity index is 469. The molecule has 1 atom stereocenters. The Morgan fingerprint density at radius 3 is 2.70 bits per heavy atom. The molecule has 0 aromatic carbocycles. The van der Waals surface area contributed by atoms with Gasteiger partial charge in [-0.05, 0) is 38.5 Å². The Morgan fingerprint density at radius 2 is 2.05 bits per heavy atom. The van der Waals surface area contributed by atoms with Gasteiger partial charge in [0.25, 0.3) is 5.91 Å². The molecule has 0 radical (unpaired) electrons. The first-order valence-electron chi connectivity index (χ1n) is 7.67. The molecular formula is C15H22N4O.